The second-order valence-electron chi connectivity index (χ2n) is 5.60. The quantitative estimate of drug-likeness (QED) is 0.352. The minimum absolute atomic E-state index is 0.0208. The zero-order chi connectivity index (χ0) is 19.4. The molecular weight excluding hydrogens is 349 g/mol. The highest BCUT2D eigenvalue weighted by molar-refractivity contribution is 5.79. The van der Waals surface area contributed by atoms with Gasteiger partial charge in [0.05, 0.1) is 0 Å². The van der Waals surface area contributed by atoms with Crippen LogP contribution in [-0.4, -0.2) is 64.9 Å². The van der Waals surface area contributed by atoms with E-state index >= 15 is 0 Å². The highest BCUT2D eigenvalue weighted by Gasteiger charge is 2.14. The molecule has 0 saturated heterocycles. The normalized spacial score (nSPS) is 11.9. The van der Waals surface area contributed by atoms with Gasteiger partial charge in [0, 0.05) is 52.5 Å². The van der Waals surface area contributed by atoms with Crippen molar-refractivity contribution in [2.24, 2.45) is 4.99 Å². The Balaban J connectivity index is 2.47. The second kappa shape index (κ2) is 12.4. The van der Waals surface area contributed by atoms with Crippen LogP contribution in [0.1, 0.15) is 12.0 Å². The first-order chi connectivity index (χ1) is 12.5. The van der Waals surface area contributed by atoms with E-state index in [1.807, 2.05) is 7.05 Å². The van der Waals surface area contributed by atoms with Gasteiger partial charge >= 0.3 is 6.61 Å². The molecule has 1 aromatic rings. The maximum atomic E-state index is 13.9. The summed E-state index contributed by atoms with van der Waals surface area (Å²) in [4.78, 5) is 6.18. The smallest absolute Gasteiger partial charge is 0.387 e. The largest absolute Gasteiger partial charge is 0.434 e. The van der Waals surface area contributed by atoms with Crippen molar-refractivity contribution in [3.63, 3.8) is 0 Å². The number of nitrogens with one attached hydrogen (secondary N) is 2. The van der Waals surface area contributed by atoms with E-state index in [9.17, 15) is 13.2 Å². The lowest BCUT2D eigenvalue weighted by Gasteiger charge is -2.18. The first kappa shape index (κ1) is 22.0. The molecule has 0 saturated carbocycles. The molecule has 0 amide bonds. The van der Waals surface area contributed by atoms with E-state index in [2.05, 4.69) is 25.3 Å². The first-order valence-corrected chi connectivity index (χ1v) is 8.32. The molecule has 0 spiro atoms. The van der Waals surface area contributed by atoms with E-state index in [-0.39, 0.29) is 17.9 Å². The molecule has 148 valence electrons. The summed E-state index contributed by atoms with van der Waals surface area (Å²) >= 11 is 0. The van der Waals surface area contributed by atoms with Gasteiger partial charge in [-0.1, -0.05) is 6.07 Å². The van der Waals surface area contributed by atoms with Crippen molar-refractivity contribution in [3.05, 3.63) is 29.6 Å². The van der Waals surface area contributed by atoms with Crippen LogP contribution in [-0.2, 0) is 11.3 Å². The number of benzene rings is 1. The van der Waals surface area contributed by atoms with Gasteiger partial charge in [0.1, 0.15) is 11.6 Å². The van der Waals surface area contributed by atoms with Crippen molar-refractivity contribution in [2.75, 3.05) is 47.4 Å². The van der Waals surface area contributed by atoms with Crippen molar-refractivity contribution < 1.29 is 22.6 Å². The number of nitrogens with zero attached hydrogens (tertiary/aromatic N) is 2. The van der Waals surface area contributed by atoms with Crippen molar-refractivity contribution in [3.8, 4) is 5.75 Å². The van der Waals surface area contributed by atoms with Gasteiger partial charge in [-0.25, -0.2) is 4.39 Å². The molecule has 26 heavy (non-hydrogen) atoms. The standard InChI is InChI=1S/C17H27F3N4O2/c1-21-17(22-8-10-24(2)9-5-11-25-3)23-12-13-14(18)6-4-7-15(13)26-16(19)20/h4,6-7,16H,5,8-12H2,1-3H3,(H2,21,22,23). The number of guanidine groups is 1. The van der Waals surface area contributed by atoms with Crippen molar-refractivity contribution in [1.29, 1.82) is 0 Å². The molecule has 0 aromatic heterocycles. The molecule has 6 nitrogen and oxygen atoms in total. The molecule has 1 aromatic carbocycles. The Bertz CT molecular complexity index is 559. The number of ether oxygens (including phenoxy) is 2. The molecular formula is C17H27F3N4O2. The van der Waals surface area contributed by atoms with Crippen molar-refractivity contribution in [2.45, 2.75) is 19.6 Å². The van der Waals surface area contributed by atoms with E-state index in [1.54, 1.807) is 14.2 Å². The Labute approximate surface area is 152 Å². The molecule has 0 atom stereocenters. The lowest BCUT2D eigenvalue weighted by atomic mass is 10.2. The fourth-order valence-electron chi connectivity index (χ4n) is 2.27. The number of alkyl halides is 2. The SMILES string of the molecule is CN=C(NCCN(C)CCCOC)NCc1c(F)cccc1OC(F)F. The Hall–Kier alpha value is -2.00. The molecule has 0 heterocycles. The average molecular weight is 376 g/mol. The van der Waals surface area contributed by atoms with Crippen molar-refractivity contribution >= 4 is 5.96 Å². The molecule has 1 rings (SSSR count). The summed E-state index contributed by atoms with van der Waals surface area (Å²) in [6.45, 7) is -0.0119. The summed E-state index contributed by atoms with van der Waals surface area (Å²) in [5.41, 5.74) is 0.0208. The minimum atomic E-state index is -3.01. The van der Waals surface area contributed by atoms with Crippen LogP contribution in [0.5, 0.6) is 5.75 Å². The molecule has 0 unspecified atom stereocenters. The van der Waals surface area contributed by atoms with E-state index in [0.717, 1.165) is 19.5 Å². The van der Waals surface area contributed by atoms with Gasteiger partial charge in [0.25, 0.3) is 0 Å². The molecule has 2 N–H and O–H groups in total. The Kier molecular flexibility index (Phi) is 10.5. The summed E-state index contributed by atoms with van der Waals surface area (Å²) in [5.74, 6) is -0.369. The summed E-state index contributed by atoms with van der Waals surface area (Å²) in [5, 5.41) is 6.00. The van der Waals surface area contributed by atoms with E-state index in [4.69, 9.17) is 4.74 Å². The fourth-order valence-corrected chi connectivity index (χ4v) is 2.27. The summed E-state index contributed by atoms with van der Waals surface area (Å²) in [6.07, 6.45) is 0.945. The van der Waals surface area contributed by atoms with Gasteiger partial charge in [-0.2, -0.15) is 8.78 Å². The van der Waals surface area contributed by atoms with Crippen LogP contribution in [0.15, 0.2) is 23.2 Å². The first-order valence-electron chi connectivity index (χ1n) is 8.32. The molecule has 0 aliphatic heterocycles. The second-order valence-corrected chi connectivity index (χ2v) is 5.60. The lowest BCUT2D eigenvalue weighted by molar-refractivity contribution is -0.0506. The highest BCUT2D eigenvalue weighted by Crippen LogP contribution is 2.23. The van der Waals surface area contributed by atoms with Crippen LogP contribution in [0.4, 0.5) is 13.2 Å². The third-order valence-corrected chi connectivity index (χ3v) is 3.62. The average Bonchev–Trinajstić information content (AvgIpc) is 2.59. The number of methoxy groups -OCH3 is 1. The Morgan fingerprint density at radius 2 is 2.04 bits per heavy atom. The zero-order valence-corrected chi connectivity index (χ0v) is 15.4. The minimum Gasteiger partial charge on any atom is -0.434 e. The van der Waals surface area contributed by atoms with Gasteiger partial charge in [-0.05, 0) is 25.6 Å². The summed E-state index contributed by atoms with van der Waals surface area (Å²) in [7, 11) is 5.25. The van der Waals surface area contributed by atoms with E-state index in [1.165, 1.54) is 18.2 Å². The molecule has 0 bridgehead atoms. The monoisotopic (exact) mass is 376 g/mol. The van der Waals surface area contributed by atoms with Crippen LogP contribution < -0.4 is 15.4 Å². The number of halogens is 3. The number of likely N-dealkylation sites (N-methyl/N-ethyl adjacent to an activating group) is 1. The van der Waals surface area contributed by atoms with Crippen LogP contribution >= 0.6 is 0 Å². The van der Waals surface area contributed by atoms with E-state index in [0.29, 0.717) is 19.1 Å². The molecule has 9 heteroatoms. The van der Waals surface area contributed by atoms with Crippen LogP contribution in [0, 0.1) is 5.82 Å². The highest BCUT2D eigenvalue weighted by atomic mass is 19.3. The maximum Gasteiger partial charge on any atom is 0.387 e. The fraction of sp³-hybridized carbons (Fsp3) is 0.588. The van der Waals surface area contributed by atoms with Gasteiger partial charge < -0.3 is 25.0 Å². The van der Waals surface area contributed by atoms with Gasteiger partial charge in [-0.3, -0.25) is 4.99 Å². The predicted octanol–water partition coefficient (Wildman–Crippen LogP) is 2.06. The number of rotatable bonds is 11. The predicted molar refractivity (Wildman–Crippen MR) is 95.2 cm³/mol. The topological polar surface area (TPSA) is 58.1 Å². The molecule has 0 aliphatic carbocycles. The Morgan fingerprint density at radius 1 is 1.27 bits per heavy atom. The van der Waals surface area contributed by atoms with Gasteiger partial charge in [0.2, 0.25) is 0 Å². The summed E-state index contributed by atoms with van der Waals surface area (Å²) in [6, 6.07) is 3.82. The van der Waals surface area contributed by atoms with Crippen LogP contribution in [0.2, 0.25) is 0 Å². The summed E-state index contributed by atoms with van der Waals surface area (Å²) < 4.78 is 48.2. The third-order valence-electron chi connectivity index (χ3n) is 3.62. The third kappa shape index (κ3) is 8.39. The van der Waals surface area contributed by atoms with Crippen LogP contribution in [0.3, 0.4) is 0 Å². The molecule has 0 fully saturated rings. The number of aliphatic imine (C=N–C) groups is 1. The number of hydrogen-bond acceptors (Lipinski definition) is 4. The molecule has 0 radical (unpaired) electrons. The van der Waals surface area contributed by atoms with Crippen molar-refractivity contribution in [1.82, 2.24) is 15.5 Å². The number of hydrogen-bond donors (Lipinski definition) is 2. The Morgan fingerprint density at radius 3 is 2.69 bits per heavy atom. The van der Waals surface area contributed by atoms with Gasteiger partial charge in [0.15, 0.2) is 5.96 Å². The molecule has 0 aliphatic rings. The maximum absolute atomic E-state index is 13.9. The van der Waals surface area contributed by atoms with E-state index < -0.39 is 12.4 Å². The zero-order valence-electron chi connectivity index (χ0n) is 15.4. The van der Waals surface area contributed by atoms with Gasteiger partial charge in [-0.15, -0.1) is 0 Å². The lowest BCUT2D eigenvalue weighted by Crippen LogP contribution is -2.41. The van der Waals surface area contributed by atoms with Crippen LogP contribution in [0.25, 0.3) is 0 Å².